The number of methoxy groups -OCH3 is 1. The highest BCUT2D eigenvalue weighted by Gasteiger charge is 2.31. The number of likely N-dealkylation sites (tertiary alicyclic amines) is 1. The number of benzene rings is 1. The van der Waals surface area contributed by atoms with Crippen LogP contribution in [0.5, 0.6) is 5.75 Å². The van der Waals surface area contributed by atoms with E-state index in [9.17, 15) is 0 Å². The van der Waals surface area contributed by atoms with E-state index in [0.717, 1.165) is 12.2 Å². The summed E-state index contributed by atoms with van der Waals surface area (Å²) < 4.78 is 5.25. The Hall–Kier alpha value is -1.06. The molecule has 1 heterocycles. The van der Waals surface area contributed by atoms with Crippen molar-refractivity contribution in [2.24, 2.45) is 0 Å². The van der Waals surface area contributed by atoms with Crippen LogP contribution in [0.2, 0.25) is 0 Å². The molecule has 3 nitrogen and oxygen atoms in total. The average molecular weight is 276 g/mol. The van der Waals surface area contributed by atoms with Crippen LogP contribution in [0.15, 0.2) is 24.3 Å². The lowest BCUT2D eigenvalue weighted by Crippen LogP contribution is -2.50. The minimum Gasteiger partial charge on any atom is -0.497 e. The first kappa shape index (κ1) is 15.3. The Labute approximate surface area is 123 Å². The predicted molar refractivity (Wildman–Crippen MR) is 84.3 cm³/mol. The first-order valence-electron chi connectivity index (χ1n) is 7.69. The molecule has 0 amide bonds. The molecule has 0 aliphatic carbocycles. The molecule has 1 aromatic rings. The van der Waals surface area contributed by atoms with Crippen LogP contribution in [0.1, 0.15) is 44.7 Å². The van der Waals surface area contributed by atoms with E-state index < -0.39 is 0 Å². The number of hydrogen-bond acceptors (Lipinski definition) is 3. The topological polar surface area (TPSA) is 24.5 Å². The normalized spacial score (nSPS) is 20.6. The number of hydrogen-bond donors (Lipinski definition) is 1. The maximum atomic E-state index is 5.25. The van der Waals surface area contributed by atoms with E-state index in [0.29, 0.717) is 11.6 Å². The summed E-state index contributed by atoms with van der Waals surface area (Å²) in [5.74, 6) is 0.935. The van der Waals surface area contributed by atoms with E-state index in [2.05, 4.69) is 55.4 Å². The van der Waals surface area contributed by atoms with Crippen molar-refractivity contribution in [2.75, 3.05) is 27.2 Å². The van der Waals surface area contributed by atoms with Crippen LogP contribution in [-0.2, 0) is 0 Å². The highest BCUT2D eigenvalue weighted by molar-refractivity contribution is 5.29. The third-order valence-corrected chi connectivity index (χ3v) is 4.83. The zero-order valence-electron chi connectivity index (χ0n) is 13.3. The molecule has 112 valence electrons. The Morgan fingerprint density at radius 3 is 2.30 bits per heavy atom. The van der Waals surface area contributed by atoms with E-state index in [1.54, 1.807) is 7.11 Å². The molecule has 1 aromatic carbocycles. The van der Waals surface area contributed by atoms with Crippen molar-refractivity contribution in [1.82, 2.24) is 10.2 Å². The molecule has 1 unspecified atom stereocenters. The van der Waals surface area contributed by atoms with Crippen LogP contribution in [0, 0.1) is 0 Å². The van der Waals surface area contributed by atoms with Crippen LogP contribution in [-0.4, -0.2) is 37.7 Å². The van der Waals surface area contributed by atoms with Gasteiger partial charge in [0.05, 0.1) is 7.11 Å². The largest absolute Gasteiger partial charge is 0.497 e. The molecule has 1 saturated heterocycles. The molecule has 0 radical (unpaired) electrons. The fourth-order valence-corrected chi connectivity index (χ4v) is 3.11. The molecule has 0 aromatic heterocycles. The summed E-state index contributed by atoms with van der Waals surface area (Å²) in [6.07, 6.45) is 3.59. The van der Waals surface area contributed by atoms with E-state index in [1.165, 1.54) is 31.5 Å². The third kappa shape index (κ3) is 3.33. The first-order chi connectivity index (χ1) is 9.61. The summed E-state index contributed by atoms with van der Waals surface area (Å²) in [5.41, 5.74) is 1.72. The maximum Gasteiger partial charge on any atom is 0.118 e. The minimum atomic E-state index is 0.314. The second kappa shape index (κ2) is 6.59. The number of ether oxygens (including phenoxy) is 1. The molecule has 0 saturated carbocycles. The van der Waals surface area contributed by atoms with Crippen molar-refractivity contribution >= 4 is 0 Å². The van der Waals surface area contributed by atoms with Crippen molar-refractivity contribution in [3.63, 3.8) is 0 Å². The van der Waals surface area contributed by atoms with E-state index in [1.807, 2.05) is 0 Å². The molecule has 0 spiro atoms. The first-order valence-corrected chi connectivity index (χ1v) is 7.69. The highest BCUT2D eigenvalue weighted by atomic mass is 16.5. The quantitative estimate of drug-likeness (QED) is 0.893. The molecule has 1 aliphatic rings. The number of rotatable bonds is 5. The van der Waals surface area contributed by atoms with Gasteiger partial charge in [0.25, 0.3) is 0 Å². The summed E-state index contributed by atoms with van der Waals surface area (Å²) in [6, 6.07) is 9.08. The fourth-order valence-electron chi connectivity index (χ4n) is 3.11. The zero-order valence-corrected chi connectivity index (χ0v) is 13.3. The summed E-state index contributed by atoms with van der Waals surface area (Å²) in [7, 11) is 3.80. The van der Waals surface area contributed by atoms with Crippen LogP contribution >= 0.6 is 0 Å². The van der Waals surface area contributed by atoms with Crippen molar-refractivity contribution in [2.45, 2.75) is 44.7 Å². The zero-order chi connectivity index (χ0) is 14.6. The van der Waals surface area contributed by atoms with E-state index in [4.69, 9.17) is 4.74 Å². The van der Waals surface area contributed by atoms with Gasteiger partial charge in [-0.05, 0) is 50.9 Å². The van der Waals surface area contributed by atoms with Gasteiger partial charge in [-0.2, -0.15) is 0 Å². The summed E-state index contributed by atoms with van der Waals surface area (Å²) >= 11 is 0. The van der Waals surface area contributed by atoms with Crippen LogP contribution < -0.4 is 10.1 Å². The molecule has 20 heavy (non-hydrogen) atoms. The Bertz CT molecular complexity index is 408. The molecular formula is C17H28N2O. The number of nitrogens with one attached hydrogen (secondary N) is 1. The standard InChI is InChI=1S/C17H28N2O/c1-5-16(14-6-8-15(20-4)9-7-14)19-12-10-17(2,18-3)11-13-19/h6-9,16,18H,5,10-13H2,1-4H3. The Kier molecular flexibility index (Phi) is 5.06. The van der Waals surface area contributed by atoms with Crippen molar-refractivity contribution in [3.8, 4) is 5.75 Å². The molecule has 1 atom stereocenters. The molecule has 1 N–H and O–H groups in total. The number of piperidine rings is 1. The smallest absolute Gasteiger partial charge is 0.118 e. The average Bonchev–Trinajstić information content (AvgIpc) is 2.51. The molecule has 3 heteroatoms. The SMILES string of the molecule is CCC(c1ccc(OC)cc1)N1CCC(C)(NC)CC1. The monoisotopic (exact) mass is 276 g/mol. The second-order valence-corrected chi connectivity index (χ2v) is 6.04. The highest BCUT2D eigenvalue weighted by Crippen LogP contribution is 2.31. The minimum absolute atomic E-state index is 0.314. The maximum absolute atomic E-state index is 5.25. The van der Waals surface area contributed by atoms with Gasteiger partial charge in [0, 0.05) is 24.7 Å². The van der Waals surface area contributed by atoms with Crippen LogP contribution in [0.4, 0.5) is 0 Å². The van der Waals surface area contributed by atoms with Gasteiger partial charge >= 0.3 is 0 Å². The van der Waals surface area contributed by atoms with Gasteiger partial charge in [-0.1, -0.05) is 19.1 Å². The van der Waals surface area contributed by atoms with E-state index in [-0.39, 0.29) is 0 Å². The van der Waals surface area contributed by atoms with E-state index >= 15 is 0 Å². The lowest BCUT2D eigenvalue weighted by Gasteiger charge is -2.42. The summed E-state index contributed by atoms with van der Waals surface area (Å²) in [5, 5.41) is 3.47. The second-order valence-electron chi connectivity index (χ2n) is 6.04. The van der Waals surface area contributed by atoms with Gasteiger partial charge < -0.3 is 10.1 Å². The molecule has 1 aliphatic heterocycles. The fraction of sp³-hybridized carbons (Fsp3) is 0.647. The van der Waals surface area contributed by atoms with Crippen molar-refractivity contribution in [3.05, 3.63) is 29.8 Å². The summed E-state index contributed by atoms with van der Waals surface area (Å²) in [6.45, 7) is 6.95. The van der Waals surface area contributed by atoms with Crippen molar-refractivity contribution < 1.29 is 4.74 Å². The lowest BCUT2D eigenvalue weighted by molar-refractivity contribution is 0.107. The predicted octanol–water partition coefficient (Wildman–Crippen LogP) is 3.22. The number of nitrogens with zero attached hydrogens (tertiary/aromatic N) is 1. The summed E-state index contributed by atoms with van der Waals surface area (Å²) in [4.78, 5) is 2.63. The van der Waals surface area contributed by atoms with Gasteiger partial charge in [0.15, 0.2) is 0 Å². The molecule has 0 bridgehead atoms. The Morgan fingerprint density at radius 1 is 1.25 bits per heavy atom. The van der Waals surface area contributed by atoms with Crippen LogP contribution in [0.3, 0.4) is 0 Å². The Morgan fingerprint density at radius 2 is 1.85 bits per heavy atom. The van der Waals surface area contributed by atoms with Gasteiger partial charge in [0.1, 0.15) is 5.75 Å². The van der Waals surface area contributed by atoms with Gasteiger partial charge in [-0.15, -0.1) is 0 Å². The van der Waals surface area contributed by atoms with Gasteiger partial charge in [-0.3, -0.25) is 4.90 Å². The lowest BCUT2D eigenvalue weighted by atomic mass is 9.88. The molecule has 1 fully saturated rings. The molecule has 2 rings (SSSR count). The van der Waals surface area contributed by atoms with Crippen molar-refractivity contribution in [1.29, 1.82) is 0 Å². The van der Waals surface area contributed by atoms with Gasteiger partial charge in [-0.25, -0.2) is 0 Å². The van der Waals surface area contributed by atoms with Crippen LogP contribution in [0.25, 0.3) is 0 Å². The molecular weight excluding hydrogens is 248 g/mol. The van der Waals surface area contributed by atoms with Gasteiger partial charge in [0.2, 0.25) is 0 Å². The Balaban J connectivity index is 2.05. The third-order valence-electron chi connectivity index (χ3n) is 4.83.